The number of benzene rings is 1. The first kappa shape index (κ1) is 22.7. The fourth-order valence-electron chi connectivity index (χ4n) is 5.55. The maximum Gasteiger partial charge on any atom is 0.239 e. The van der Waals surface area contributed by atoms with Crippen molar-refractivity contribution in [2.24, 2.45) is 16.6 Å². The van der Waals surface area contributed by atoms with Crippen molar-refractivity contribution in [1.82, 2.24) is 9.88 Å². The number of hydrogen-bond donors (Lipinski definition) is 1. The third kappa shape index (κ3) is 3.63. The van der Waals surface area contributed by atoms with Crippen molar-refractivity contribution in [1.29, 1.82) is 0 Å². The molecule has 1 aromatic carbocycles. The number of hydrogen-bond acceptors (Lipinski definition) is 5. The minimum atomic E-state index is -0.561. The van der Waals surface area contributed by atoms with E-state index in [9.17, 15) is 4.79 Å². The maximum absolute atomic E-state index is 13.7. The molecular formula is C28H30N4OS. The highest BCUT2D eigenvalue weighted by Gasteiger charge is 2.60. The van der Waals surface area contributed by atoms with Crippen LogP contribution in [0.25, 0.3) is 4.91 Å². The topological polar surface area (TPSA) is 71.6 Å². The number of aromatic nitrogens is 1. The molecule has 4 unspecified atom stereocenters. The van der Waals surface area contributed by atoms with Gasteiger partial charge < -0.3 is 5.73 Å². The molecular weight excluding hydrogens is 440 g/mol. The number of likely N-dealkylation sites (N-methyl/N-ethyl adjacent to an activating group) is 1. The third-order valence-electron chi connectivity index (χ3n) is 7.35. The zero-order valence-corrected chi connectivity index (χ0v) is 20.9. The molecule has 5 rings (SSSR count). The van der Waals surface area contributed by atoms with Gasteiger partial charge in [0, 0.05) is 40.7 Å². The summed E-state index contributed by atoms with van der Waals surface area (Å²) in [4.78, 5) is 25.9. The Hall–Kier alpha value is -3.04. The van der Waals surface area contributed by atoms with Gasteiger partial charge in [-0.25, -0.2) is 4.99 Å². The van der Waals surface area contributed by atoms with E-state index < -0.39 is 5.54 Å². The Morgan fingerprint density at radius 1 is 1.24 bits per heavy atom. The van der Waals surface area contributed by atoms with Crippen molar-refractivity contribution in [3.8, 4) is 11.8 Å². The van der Waals surface area contributed by atoms with Crippen molar-refractivity contribution in [2.75, 3.05) is 7.05 Å². The van der Waals surface area contributed by atoms with Gasteiger partial charge in [-0.2, -0.15) is 0 Å². The minimum Gasteiger partial charge on any atom is -0.369 e. The molecule has 2 N–H and O–H groups in total. The van der Waals surface area contributed by atoms with Crippen molar-refractivity contribution in [2.45, 2.75) is 56.2 Å². The molecule has 2 aliphatic heterocycles. The zero-order valence-electron chi connectivity index (χ0n) is 20.1. The molecule has 4 atom stereocenters. The first-order chi connectivity index (χ1) is 16.3. The smallest absolute Gasteiger partial charge is 0.239 e. The molecule has 3 aliphatic rings. The average molecular weight is 471 g/mol. The van der Waals surface area contributed by atoms with E-state index in [0.29, 0.717) is 17.8 Å². The van der Waals surface area contributed by atoms with Crippen LogP contribution in [0, 0.1) is 17.8 Å². The van der Waals surface area contributed by atoms with Crippen LogP contribution in [0.15, 0.2) is 53.8 Å². The molecule has 1 aromatic heterocycles. The number of pyridine rings is 1. The van der Waals surface area contributed by atoms with Gasteiger partial charge in [-0.15, -0.1) is 17.7 Å². The number of allylic oxidation sites excluding steroid dienone is 1. The predicted molar refractivity (Wildman–Crippen MR) is 139 cm³/mol. The number of thioether (sulfide) groups is 1. The number of carbonyl (C=O) groups is 1. The van der Waals surface area contributed by atoms with Crippen LogP contribution in [0.1, 0.15) is 67.7 Å². The number of carbonyl (C=O) groups excluding carboxylic acids is 1. The number of nitrogens with zero attached hydrogens (tertiary/aromatic N) is 3. The number of amides is 1. The quantitative estimate of drug-likeness (QED) is 0.657. The van der Waals surface area contributed by atoms with E-state index in [2.05, 4.69) is 67.1 Å². The summed E-state index contributed by atoms with van der Waals surface area (Å²) in [5.41, 5.74) is 10.0. The van der Waals surface area contributed by atoms with Gasteiger partial charge in [0.1, 0.15) is 0 Å². The highest BCUT2D eigenvalue weighted by Crippen LogP contribution is 2.60. The highest BCUT2D eigenvalue weighted by molar-refractivity contribution is 8.09. The van der Waals surface area contributed by atoms with E-state index in [-0.39, 0.29) is 17.1 Å². The Balaban J connectivity index is 1.54. The highest BCUT2D eigenvalue weighted by atomic mass is 32.2. The number of aliphatic imine (C=N–C) groups is 1. The van der Waals surface area contributed by atoms with Crippen LogP contribution in [0.3, 0.4) is 0 Å². The van der Waals surface area contributed by atoms with E-state index in [4.69, 9.17) is 10.7 Å². The summed E-state index contributed by atoms with van der Waals surface area (Å²) >= 11 is 1.82. The number of guanidine groups is 1. The second-order valence-electron chi connectivity index (χ2n) is 9.72. The lowest BCUT2D eigenvalue weighted by Gasteiger charge is -2.43. The minimum absolute atomic E-state index is 0.0291. The Morgan fingerprint density at radius 2 is 2.00 bits per heavy atom. The van der Waals surface area contributed by atoms with Crippen LogP contribution in [-0.4, -0.2) is 39.6 Å². The van der Waals surface area contributed by atoms with E-state index in [1.54, 1.807) is 13.2 Å². The molecule has 6 heteroatoms. The molecule has 2 aromatic rings. The van der Waals surface area contributed by atoms with Gasteiger partial charge in [-0.1, -0.05) is 50.1 Å². The zero-order chi connectivity index (χ0) is 24.0. The summed E-state index contributed by atoms with van der Waals surface area (Å²) in [6.45, 7) is 6.19. The molecule has 174 valence electrons. The Morgan fingerprint density at radius 3 is 2.71 bits per heavy atom. The largest absolute Gasteiger partial charge is 0.369 e. The summed E-state index contributed by atoms with van der Waals surface area (Å²) in [7, 11) is 1.73. The summed E-state index contributed by atoms with van der Waals surface area (Å²) in [5, 5.41) is 0.148. The molecule has 0 bridgehead atoms. The van der Waals surface area contributed by atoms with Gasteiger partial charge in [0.25, 0.3) is 0 Å². The van der Waals surface area contributed by atoms with Crippen molar-refractivity contribution < 1.29 is 4.79 Å². The summed E-state index contributed by atoms with van der Waals surface area (Å²) in [6, 6.07) is 10.6. The van der Waals surface area contributed by atoms with E-state index in [1.165, 1.54) is 15.4 Å². The van der Waals surface area contributed by atoms with Gasteiger partial charge >= 0.3 is 0 Å². The molecule has 3 heterocycles. The SMILES string of the molecule is CC#Cc1cncc(C2=CC3CCC4(N=C(N)N(C)C(=O)C4c4ccc(C(C)C)cc4)C3S2)c1. The van der Waals surface area contributed by atoms with Gasteiger partial charge in [0.05, 0.1) is 11.5 Å². The Bertz CT molecular complexity index is 1250. The van der Waals surface area contributed by atoms with Crippen LogP contribution >= 0.6 is 11.8 Å². The fourth-order valence-corrected chi connectivity index (χ4v) is 7.23. The average Bonchev–Trinajstić information content (AvgIpc) is 3.40. The second-order valence-corrected chi connectivity index (χ2v) is 10.9. The summed E-state index contributed by atoms with van der Waals surface area (Å²) in [5.74, 6) is 6.82. The monoisotopic (exact) mass is 470 g/mol. The van der Waals surface area contributed by atoms with Gasteiger partial charge in [-0.3, -0.25) is 14.7 Å². The molecule has 1 spiro atoms. The first-order valence-electron chi connectivity index (χ1n) is 11.8. The number of fused-ring (bicyclic) bond motifs is 2. The molecule has 5 nitrogen and oxygen atoms in total. The summed E-state index contributed by atoms with van der Waals surface area (Å²) < 4.78 is 0. The molecule has 1 aliphatic carbocycles. The normalized spacial score (nSPS) is 28.0. The molecule has 1 saturated carbocycles. The van der Waals surface area contributed by atoms with Crippen molar-refractivity contribution in [3.05, 3.63) is 71.1 Å². The molecule has 1 amide bonds. The van der Waals surface area contributed by atoms with Gasteiger partial charge in [0.15, 0.2) is 5.96 Å². The van der Waals surface area contributed by atoms with Gasteiger partial charge in [-0.05, 0) is 48.8 Å². The lowest BCUT2D eigenvalue weighted by Crippen LogP contribution is -2.57. The fraction of sp³-hybridized carbons (Fsp3) is 0.393. The molecule has 0 radical (unpaired) electrons. The Kier molecular flexibility index (Phi) is 5.77. The molecule has 34 heavy (non-hydrogen) atoms. The maximum atomic E-state index is 13.7. The lowest BCUT2D eigenvalue weighted by atomic mass is 9.75. The summed E-state index contributed by atoms with van der Waals surface area (Å²) in [6.07, 6.45) is 7.86. The Labute approximate surface area is 205 Å². The third-order valence-corrected chi connectivity index (χ3v) is 8.99. The van der Waals surface area contributed by atoms with Gasteiger partial charge in [0.2, 0.25) is 5.91 Å². The first-order valence-corrected chi connectivity index (χ1v) is 12.7. The van der Waals surface area contributed by atoms with Crippen molar-refractivity contribution >= 4 is 28.5 Å². The lowest BCUT2D eigenvalue weighted by molar-refractivity contribution is -0.130. The second kappa shape index (κ2) is 8.63. The standard InChI is InChI=1S/C28H30N4OS/c1-5-6-18-13-22(16-30-15-18)23-14-21-11-12-28(25(21)34-23)24(26(33)32(4)27(29)31-28)20-9-7-19(8-10-20)17(2)3/h7-10,13-17,21,24-25H,11-12H2,1-4H3,(H2,29,31). The van der Waals surface area contributed by atoms with Crippen LogP contribution in [0.2, 0.25) is 0 Å². The number of nitrogens with two attached hydrogens (primary N) is 1. The number of rotatable bonds is 3. The van der Waals surface area contributed by atoms with Crippen LogP contribution < -0.4 is 5.73 Å². The van der Waals surface area contributed by atoms with E-state index in [1.807, 2.05) is 24.9 Å². The van der Waals surface area contributed by atoms with Crippen LogP contribution in [-0.2, 0) is 4.79 Å². The van der Waals surface area contributed by atoms with Crippen LogP contribution in [0.5, 0.6) is 0 Å². The molecule has 1 fully saturated rings. The van der Waals surface area contributed by atoms with E-state index in [0.717, 1.165) is 29.5 Å². The van der Waals surface area contributed by atoms with Crippen LogP contribution in [0.4, 0.5) is 0 Å². The van der Waals surface area contributed by atoms with E-state index >= 15 is 0 Å². The van der Waals surface area contributed by atoms with Crippen molar-refractivity contribution in [3.63, 3.8) is 0 Å². The molecule has 0 saturated heterocycles. The predicted octanol–water partition coefficient (Wildman–Crippen LogP) is 4.75.